The molecule has 0 N–H and O–H groups in total. The Morgan fingerprint density at radius 2 is 2.00 bits per heavy atom. The molecule has 0 aromatic rings. The van der Waals surface area contributed by atoms with E-state index in [4.69, 9.17) is 9.47 Å². The van der Waals surface area contributed by atoms with E-state index in [1.807, 2.05) is 0 Å². The van der Waals surface area contributed by atoms with Gasteiger partial charge in [-0.15, -0.1) is 0 Å². The van der Waals surface area contributed by atoms with Crippen LogP contribution in [-0.2, 0) is 19.5 Å². The van der Waals surface area contributed by atoms with Crippen molar-refractivity contribution >= 4 is 26.0 Å². The lowest BCUT2D eigenvalue weighted by Crippen LogP contribution is -2.48. The summed E-state index contributed by atoms with van der Waals surface area (Å²) < 4.78 is 36.7. The Balaban J connectivity index is 1.94. The molecule has 100 valence electrons. The Bertz CT molecular complexity index is 342. The highest BCUT2D eigenvalue weighted by atomic mass is 79.9. The number of hydrogen-bond donors (Lipinski definition) is 0. The fourth-order valence-corrected chi connectivity index (χ4v) is 4.24. The maximum Gasteiger partial charge on any atom is 0.216 e. The average Bonchev–Trinajstić information content (AvgIpc) is 2.81. The molecule has 2 atom stereocenters. The summed E-state index contributed by atoms with van der Waals surface area (Å²) in [5.74, 6) is 0.113. The highest BCUT2D eigenvalue weighted by Gasteiger charge is 2.32. The number of nitrogens with zero attached hydrogens (tertiary/aromatic N) is 1. The van der Waals surface area contributed by atoms with E-state index in [-0.39, 0.29) is 18.0 Å². The predicted molar refractivity (Wildman–Crippen MR) is 67.9 cm³/mol. The van der Waals surface area contributed by atoms with Crippen molar-refractivity contribution in [2.75, 3.05) is 37.4 Å². The zero-order valence-corrected chi connectivity index (χ0v) is 12.1. The molecule has 0 aromatic carbocycles. The molecular formula is C10H18BrNO4S. The quantitative estimate of drug-likeness (QED) is 0.709. The van der Waals surface area contributed by atoms with Gasteiger partial charge in [0.05, 0.1) is 24.6 Å². The summed E-state index contributed by atoms with van der Waals surface area (Å²) in [6.07, 6.45) is 1.66. The third-order valence-corrected chi connectivity index (χ3v) is 5.72. The van der Waals surface area contributed by atoms with Crippen molar-refractivity contribution in [1.82, 2.24) is 4.31 Å². The first-order valence-corrected chi connectivity index (χ1v) is 8.62. The van der Waals surface area contributed by atoms with Gasteiger partial charge in [-0.25, -0.2) is 8.42 Å². The van der Waals surface area contributed by atoms with E-state index < -0.39 is 10.0 Å². The van der Waals surface area contributed by atoms with Gasteiger partial charge in [-0.1, -0.05) is 15.9 Å². The maximum atomic E-state index is 12.2. The van der Waals surface area contributed by atoms with Gasteiger partial charge in [-0.2, -0.15) is 4.31 Å². The number of morpholine rings is 1. The number of hydrogen-bond acceptors (Lipinski definition) is 4. The van der Waals surface area contributed by atoms with Gasteiger partial charge in [0.1, 0.15) is 0 Å². The molecule has 0 spiro atoms. The first-order valence-electron chi connectivity index (χ1n) is 5.89. The molecule has 2 unspecified atom stereocenters. The molecule has 2 aliphatic heterocycles. The SMILES string of the molecule is O=S(=O)(CC1CCCO1)N1CCOC(CBr)C1. The van der Waals surface area contributed by atoms with E-state index in [1.165, 1.54) is 4.31 Å². The van der Waals surface area contributed by atoms with Gasteiger partial charge in [0.15, 0.2) is 0 Å². The average molecular weight is 328 g/mol. The summed E-state index contributed by atoms with van der Waals surface area (Å²) in [5, 5.41) is 0.666. The van der Waals surface area contributed by atoms with Crippen LogP contribution in [0.2, 0.25) is 0 Å². The van der Waals surface area contributed by atoms with Crippen LogP contribution in [0.5, 0.6) is 0 Å². The number of alkyl halides is 1. The van der Waals surface area contributed by atoms with Crippen molar-refractivity contribution in [1.29, 1.82) is 0 Å². The molecule has 5 nitrogen and oxygen atoms in total. The Morgan fingerprint density at radius 1 is 1.24 bits per heavy atom. The second kappa shape index (κ2) is 5.97. The Morgan fingerprint density at radius 3 is 2.65 bits per heavy atom. The first kappa shape index (κ1) is 13.7. The summed E-state index contributed by atoms with van der Waals surface area (Å²) in [7, 11) is -3.20. The number of sulfonamides is 1. The lowest BCUT2D eigenvalue weighted by Gasteiger charge is -2.31. The van der Waals surface area contributed by atoms with Crippen molar-refractivity contribution < 1.29 is 17.9 Å². The molecule has 2 fully saturated rings. The molecule has 0 bridgehead atoms. The standard InChI is InChI=1S/C10H18BrNO4S/c11-6-10-7-12(3-5-16-10)17(13,14)8-9-2-1-4-15-9/h9-10H,1-8H2. The molecule has 2 saturated heterocycles. The molecule has 0 aromatic heterocycles. The van der Waals surface area contributed by atoms with Crippen LogP contribution in [0.3, 0.4) is 0 Å². The molecule has 0 aliphatic carbocycles. The van der Waals surface area contributed by atoms with Crippen molar-refractivity contribution in [3.05, 3.63) is 0 Å². The predicted octanol–water partition coefficient (Wildman–Crippen LogP) is 0.591. The van der Waals surface area contributed by atoms with E-state index in [0.717, 1.165) is 12.8 Å². The smallest absolute Gasteiger partial charge is 0.216 e. The zero-order valence-electron chi connectivity index (χ0n) is 9.68. The van der Waals surface area contributed by atoms with Gasteiger partial charge >= 0.3 is 0 Å². The van der Waals surface area contributed by atoms with Crippen molar-refractivity contribution in [2.24, 2.45) is 0 Å². The van der Waals surface area contributed by atoms with Gasteiger partial charge in [-0.05, 0) is 12.8 Å². The van der Waals surface area contributed by atoms with Crippen LogP contribution >= 0.6 is 15.9 Å². The second-order valence-corrected chi connectivity index (χ2v) is 7.08. The highest BCUT2D eigenvalue weighted by molar-refractivity contribution is 9.09. The van der Waals surface area contributed by atoms with Gasteiger partial charge in [0.25, 0.3) is 0 Å². The summed E-state index contributed by atoms with van der Waals surface area (Å²) in [5.41, 5.74) is 0. The topological polar surface area (TPSA) is 55.8 Å². The molecule has 2 rings (SSSR count). The van der Waals surface area contributed by atoms with Gasteiger partial charge in [-0.3, -0.25) is 0 Å². The Labute approximate surface area is 111 Å². The van der Waals surface area contributed by atoms with Crippen LogP contribution in [0.15, 0.2) is 0 Å². The molecule has 2 heterocycles. The molecule has 0 radical (unpaired) electrons. The zero-order chi connectivity index (χ0) is 12.3. The molecule has 2 aliphatic rings. The molecular weight excluding hydrogens is 310 g/mol. The minimum Gasteiger partial charge on any atom is -0.377 e. The summed E-state index contributed by atoms with van der Waals surface area (Å²) in [6.45, 7) is 2.06. The lowest BCUT2D eigenvalue weighted by atomic mass is 10.3. The lowest BCUT2D eigenvalue weighted by molar-refractivity contribution is 0.0132. The minimum atomic E-state index is -3.20. The third kappa shape index (κ3) is 3.64. The van der Waals surface area contributed by atoms with E-state index in [0.29, 0.717) is 31.6 Å². The van der Waals surface area contributed by atoms with E-state index in [2.05, 4.69) is 15.9 Å². The van der Waals surface area contributed by atoms with Crippen LogP contribution in [0, 0.1) is 0 Å². The minimum absolute atomic E-state index is 0.0389. The van der Waals surface area contributed by atoms with Crippen LogP contribution in [-0.4, -0.2) is 62.3 Å². The fourth-order valence-electron chi connectivity index (χ4n) is 2.15. The molecule has 0 saturated carbocycles. The monoisotopic (exact) mass is 327 g/mol. The normalized spacial score (nSPS) is 31.8. The van der Waals surface area contributed by atoms with Crippen LogP contribution in [0.1, 0.15) is 12.8 Å². The van der Waals surface area contributed by atoms with E-state index >= 15 is 0 Å². The van der Waals surface area contributed by atoms with Gasteiger partial charge in [0.2, 0.25) is 10.0 Å². The summed E-state index contributed by atoms with van der Waals surface area (Å²) >= 11 is 3.32. The number of ether oxygens (including phenoxy) is 2. The maximum absolute atomic E-state index is 12.2. The van der Waals surface area contributed by atoms with Crippen LogP contribution < -0.4 is 0 Å². The van der Waals surface area contributed by atoms with E-state index in [9.17, 15) is 8.42 Å². The van der Waals surface area contributed by atoms with Crippen molar-refractivity contribution in [3.63, 3.8) is 0 Å². The van der Waals surface area contributed by atoms with E-state index in [1.54, 1.807) is 0 Å². The summed E-state index contributed by atoms with van der Waals surface area (Å²) in [4.78, 5) is 0. The molecule has 0 amide bonds. The van der Waals surface area contributed by atoms with Gasteiger partial charge < -0.3 is 9.47 Å². The van der Waals surface area contributed by atoms with Crippen molar-refractivity contribution in [3.8, 4) is 0 Å². The first-order chi connectivity index (χ1) is 8.12. The fraction of sp³-hybridized carbons (Fsp3) is 1.00. The van der Waals surface area contributed by atoms with Gasteiger partial charge in [0, 0.05) is 25.0 Å². The Kier molecular flexibility index (Phi) is 4.82. The number of rotatable bonds is 4. The molecule has 17 heavy (non-hydrogen) atoms. The summed E-state index contributed by atoms with van der Waals surface area (Å²) in [6, 6.07) is 0. The number of halogens is 1. The largest absolute Gasteiger partial charge is 0.377 e. The third-order valence-electron chi connectivity index (χ3n) is 3.09. The van der Waals surface area contributed by atoms with Crippen LogP contribution in [0.4, 0.5) is 0 Å². The van der Waals surface area contributed by atoms with Crippen molar-refractivity contribution in [2.45, 2.75) is 25.0 Å². The molecule has 7 heteroatoms. The van der Waals surface area contributed by atoms with Crippen LogP contribution in [0.25, 0.3) is 0 Å². The highest BCUT2D eigenvalue weighted by Crippen LogP contribution is 2.18. The Hall–Kier alpha value is 0.310. The second-order valence-electron chi connectivity index (χ2n) is 4.42.